The fourth-order valence-electron chi connectivity index (χ4n) is 1.13. The third-order valence-electron chi connectivity index (χ3n) is 1.99. The fraction of sp³-hybridized carbons (Fsp3) is 0.750. The van der Waals surface area contributed by atoms with E-state index in [9.17, 15) is 0 Å². The van der Waals surface area contributed by atoms with Gasteiger partial charge in [0.1, 0.15) is 5.76 Å². The average molecular weight is 242 g/mol. The molecular weight excluding hydrogens is 220 g/mol. The standard InChI is InChI=1S/C12H22N2OS/c1-11(2,3)9-6-14-10(15-9)7-16-8-12(4,5)13/h6H,7-8,13H2,1-5H3. The molecule has 0 saturated carbocycles. The van der Waals surface area contributed by atoms with Gasteiger partial charge in [-0.15, -0.1) is 0 Å². The van der Waals surface area contributed by atoms with Crippen LogP contribution in [0.15, 0.2) is 10.6 Å². The zero-order chi connectivity index (χ0) is 12.4. The molecule has 0 aliphatic carbocycles. The molecule has 1 aromatic heterocycles. The monoisotopic (exact) mass is 242 g/mol. The van der Waals surface area contributed by atoms with Crippen LogP contribution in [0.2, 0.25) is 0 Å². The number of rotatable bonds is 4. The van der Waals surface area contributed by atoms with Crippen LogP contribution >= 0.6 is 11.8 Å². The summed E-state index contributed by atoms with van der Waals surface area (Å²) in [6.07, 6.45) is 1.82. The van der Waals surface area contributed by atoms with Crippen LogP contribution in [0.1, 0.15) is 46.3 Å². The van der Waals surface area contributed by atoms with Crippen molar-refractivity contribution in [3.63, 3.8) is 0 Å². The normalized spacial score (nSPS) is 13.1. The highest BCUT2D eigenvalue weighted by Gasteiger charge is 2.19. The molecule has 4 heteroatoms. The van der Waals surface area contributed by atoms with Gasteiger partial charge in [-0.05, 0) is 13.8 Å². The predicted molar refractivity (Wildman–Crippen MR) is 69.6 cm³/mol. The van der Waals surface area contributed by atoms with Crippen molar-refractivity contribution in [3.05, 3.63) is 17.8 Å². The predicted octanol–water partition coefficient (Wildman–Crippen LogP) is 2.94. The second-order valence-electron chi connectivity index (χ2n) is 5.85. The number of aromatic nitrogens is 1. The Labute approximate surface area is 102 Å². The number of thioether (sulfide) groups is 1. The molecule has 3 nitrogen and oxygen atoms in total. The zero-order valence-electron chi connectivity index (χ0n) is 10.8. The lowest BCUT2D eigenvalue weighted by Crippen LogP contribution is -2.34. The topological polar surface area (TPSA) is 52.0 Å². The van der Waals surface area contributed by atoms with Crippen molar-refractivity contribution in [2.24, 2.45) is 5.73 Å². The van der Waals surface area contributed by atoms with E-state index in [1.165, 1.54) is 0 Å². The lowest BCUT2D eigenvalue weighted by molar-refractivity contribution is 0.390. The van der Waals surface area contributed by atoms with Crippen molar-refractivity contribution in [3.8, 4) is 0 Å². The van der Waals surface area contributed by atoms with E-state index in [0.717, 1.165) is 23.2 Å². The summed E-state index contributed by atoms with van der Waals surface area (Å²) in [6, 6.07) is 0. The molecule has 0 unspecified atom stereocenters. The van der Waals surface area contributed by atoms with Crippen molar-refractivity contribution < 1.29 is 4.42 Å². The smallest absolute Gasteiger partial charge is 0.204 e. The Morgan fingerprint density at radius 2 is 1.94 bits per heavy atom. The molecule has 92 valence electrons. The molecule has 0 radical (unpaired) electrons. The maximum Gasteiger partial charge on any atom is 0.204 e. The van der Waals surface area contributed by atoms with Crippen LogP contribution in [0, 0.1) is 0 Å². The van der Waals surface area contributed by atoms with E-state index < -0.39 is 0 Å². The minimum Gasteiger partial charge on any atom is -0.444 e. The summed E-state index contributed by atoms with van der Waals surface area (Å²) in [5, 5.41) is 0. The van der Waals surface area contributed by atoms with Gasteiger partial charge in [0.15, 0.2) is 0 Å². The Balaban J connectivity index is 2.48. The summed E-state index contributed by atoms with van der Waals surface area (Å²) < 4.78 is 5.69. The minimum absolute atomic E-state index is 0.0308. The molecule has 0 aliphatic rings. The van der Waals surface area contributed by atoms with Crippen LogP contribution in [-0.2, 0) is 11.2 Å². The van der Waals surface area contributed by atoms with Gasteiger partial charge in [0.2, 0.25) is 5.89 Å². The van der Waals surface area contributed by atoms with E-state index in [2.05, 4.69) is 25.8 Å². The summed E-state index contributed by atoms with van der Waals surface area (Å²) in [5.74, 6) is 3.42. The van der Waals surface area contributed by atoms with Gasteiger partial charge in [-0.25, -0.2) is 4.98 Å². The van der Waals surface area contributed by atoms with Crippen LogP contribution in [0.5, 0.6) is 0 Å². The first-order valence-corrected chi connectivity index (χ1v) is 6.66. The van der Waals surface area contributed by atoms with Gasteiger partial charge in [-0.3, -0.25) is 0 Å². The maximum atomic E-state index is 5.90. The molecular formula is C12H22N2OS. The van der Waals surface area contributed by atoms with Crippen molar-refractivity contribution in [2.45, 2.75) is 51.3 Å². The van der Waals surface area contributed by atoms with E-state index in [1.807, 2.05) is 20.0 Å². The molecule has 0 atom stereocenters. The van der Waals surface area contributed by atoms with Gasteiger partial charge >= 0.3 is 0 Å². The van der Waals surface area contributed by atoms with Gasteiger partial charge in [0.05, 0.1) is 11.9 Å². The molecule has 0 bridgehead atoms. The number of nitrogens with zero attached hydrogens (tertiary/aromatic N) is 1. The SMILES string of the molecule is CC(C)(N)CSCc1ncc(C(C)(C)C)o1. The largest absolute Gasteiger partial charge is 0.444 e. The van der Waals surface area contributed by atoms with Crippen LogP contribution in [0.25, 0.3) is 0 Å². The summed E-state index contributed by atoms with van der Waals surface area (Å²) >= 11 is 1.76. The molecule has 0 aromatic carbocycles. The Morgan fingerprint density at radius 3 is 2.38 bits per heavy atom. The Morgan fingerprint density at radius 1 is 1.31 bits per heavy atom. The van der Waals surface area contributed by atoms with Crippen molar-refractivity contribution >= 4 is 11.8 Å². The molecule has 0 saturated heterocycles. The highest BCUT2D eigenvalue weighted by atomic mass is 32.2. The summed E-state index contributed by atoms with van der Waals surface area (Å²) in [6.45, 7) is 10.4. The zero-order valence-corrected chi connectivity index (χ0v) is 11.6. The van der Waals surface area contributed by atoms with Gasteiger partial charge in [-0.1, -0.05) is 20.8 Å². The molecule has 16 heavy (non-hydrogen) atoms. The van der Waals surface area contributed by atoms with E-state index in [-0.39, 0.29) is 11.0 Å². The van der Waals surface area contributed by atoms with Crippen LogP contribution in [0.4, 0.5) is 0 Å². The number of hydrogen-bond acceptors (Lipinski definition) is 4. The third-order valence-corrected chi connectivity index (χ3v) is 3.39. The lowest BCUT2D eigenvalue weighted by Gasteiger charge is -2.16. The third kappa shape index (κ3) is 4.58. The van der Waals surface area contributed by atoms with E-state index in [4.69, 9.17) is 10.2 Å². The number of nitrogens with two attached hydrogens (primary N) is 1. The van der Waals surface area contributed by atoms with Gasteiger partial charge in [0, 0.05) is 16.7 Å². The second-order valence-corrected chi connectivity index (χ2v) is 6.84. The summed E-state index contributed by atoms with van der Waals surface area (Å²) in [5.41, 5.74) is 5.80. The van der Waals surface area contributed by atoms with Crippen molar-refractivity contribution in [2.75, 3.05) is 5.75 Å². The maximum absolute atomic E-state index is 5.90. The molecule has 0 aliphatic heterocycles. The molecule has 0 fully saturated rings. The fourth-order valence-corrected chi connectivity index (χ4v) is 2.06. The molecule has 1 aromatic rings. The van der Waals surface area contributed by atoms with Crippen molar-refractivity contribution in [1.29, 1.82) is 0 Å². The Bertz CT molecular complexity index is 334. The average Bonchev–Trinajstić information content (AvgIpc) is 2.49. The van der Waals surface area contributed by atoms with Crippen LogP contribution in [0.3, 0.4) is 0 Å². The summed E-state index contributed by atoms with van der Waals surface area (Å²) in [7, 11) is 0. The van der Waals surface area contributed by atoms with Crippen LogP contribution < -0.4 is 5.73 Å². The highest BCUT2D eigenvalue weighted by Crippen LogP contribution is 2.24. The lowest BCUT2D eigenvalue weighted by atomic mass is 9.94. The Hall–Kier alpha value is -0.480. The molecule has 1 rings (SSSR count). The first-order chi connectivity index (χ1) is 7.18. The number of hydrogen-bond donors (Lipinski definition) is 1. The number of oxazole rings is 1. The highest BCUT2D eigenvalue weighted by molar-refractivity contribution is 7.98. The first-order valence-electron chi connectivity index (χ1n) is 5.50. The summed E-state index contributed by atoms with van der Waals surface area (Å²) in [4.78, 5) is 4.27. The van der Waals surface area contributed by atoms with E-state index in [1.54, 1.807) is 11.8 Å². The van der Waals surface area contributed by atoms with E-state index >= 15 is 0 Å². The van der Waals surface area contributed by atoms with Gasteiger partial charge in [0.25, 0.3) is 0 Å². The molecule has 0 spiro atoms. The Kier molecular flexibility index (Phi) is 4.07. The first kappa shape index (κ1) is 13.6. The molecule has 1 heterocycles. The quantitative estimate of drug-likeness (QED) is 0.882. The van der Waals surface area contributed by atoms with Gasteiger partial charge in [-0.2, -0.15) is 11.8 Å². The minimum atomic E-state index is -0.135. The van der Waals surface area contributed by atoms with Crippen LogP contribution in [-0.4, -0.2) is 16.3 Å². The van der Waals surface area contributed by atoms with Gasteiger partial charge < -0.3 is 10.2 Å². The molecule has 2 N–H and O–H groups in total. The van der Waals surface area contributed by atoms with E-state index in [0.29, 0.717) is 0 Å². The molecule has 0 amide bonds. The van der Waals surface area contributed by atoms with Crippen molar-refractivity contribution in [1.82, 2.24) is 4.98 Å². The second kappa shape index (κ2) is 4.80.